The normalized spacial score (nSPS) is 36.1. The number of ketones is 2. The van der Waals surface area contributed by atoms with Gasteiger partial charge in [0.25, 0.3) is 20.2 Å². The van der Waals surface area contributed by atoms with Gasteiger partial charge in [0, 0.05) is 32.5 Å². The first-order chi connectivity index (χ1) is 17.7. The number of hydrogen-bond donors (Lipinski definition) is 5. The Morgan fingerprint density at radius 1 is 0.821 bits per heavy atom. The van der Waals surface area contributed by atoms with Crippen LogP contribution in [0.1, 0.15) is 66.2 Å². The van der Waals surface area contributed by atoms with Crippen molar-refractivity contribution < 1.29 is 45.4 Å². The fourth-order valence-corrected chi connectivity index (χ4v) is 10.3. The largest absolute Gasteiger partial charge is 0.480 e. The molecule has 0 aromatic heterocycles. The molecule has 14 heteroatoms. The Balaban J connectivity index is 0.000000167. The van der Waals surface area contributed by atoms with Gasteiger partial charge in [0.1, 0.15) is 17.6 Å². The van der Waals surface area contributed by atoms with Gasteiger partial charge in [-0.15, -0.1) is 0 Å². The number of nitrogens with one attached hydrogen (secondary N) is 2. The van der Waals surface area contributed by atoms with E-state index in [9.17, 15) is 31.2 Å². The third-order valence-corrected chi connectivity index (χ3v) is 12.2. The number of aliphatic carboxylic acids is 1. The predicted octanol–water partition coefficient (Wildman–Crippen LogP) is 1.17. The number of rotatable bonds is 5. The topological polar surface area (TPSA) is 204 Å². The van der Waals surface area contributed by atoms with Gasteiger partial charge in [0.15, 0.2) is 0 Å². The molecule has 0 aromatic rings. The molecule has 1 heterocycles. The van der Waals surface area contributed by atoms with E-state index in [2.05, 4.69) is 10.6 Å². The summed E-state index contributed by atoms with van der Waals surface area (Å²) in [6.45, 7) is 9.93. The molecule has 0 amide bonds. The Morgan fingerprint density at radius 2 is 1.23 bits per heavy atom. The summed E-state index contributed by atoms with van der Waals surface area (Å²) in [7, 11) is -8.15. The minimum absolute atomic E-state index is 0.0152. The Hall–Kier alpha value is -1.45. The SMILES string of the molecule is CC1(C)C2CCC1(CS(=O)(=O)O)C(=O)C2.CC1(C)C2CCC1(CS(=O)(=O)O)C(=O)C2.O=C(O)[C@@H]1CNCCN1. The van der Waals surface area contributed by atoms with Crippen molar-refractivity contribution in [2.75, 3.05) is 31.1 Å². The number of Topliss-reactive ketones (excluding diaryl/α,β-unsaturated/α-hetero) is 2. The van der Waals surface area contributed by atoms with Gasteiger partial charge in [0.2, 0.25) is 0 Å². The van der Waals surface area contributed by atoms with E-state index < -0.39 is 54.6 Å². The van der Waals surface area contributed by atoms with Crippen LogP contribution < -0.4 is 10.6 Å². The van der Waals surface area contributed by atoms with E-state index >= 15 is 0 Å². The second-order valence-corrected chi connectivity index (χ2v) is 15.7. The smallest absolute Gasteiger partial charge is 0.322 e. The molecule has 0 aromatic carbocycles. The third-order valence-electron chi connectivity index (χ3n) is 10.5. The summed E-state index contributed by atoms with van der Waals surface area (Å²) >= 11 is 0. The highest BCUT2D eigenvalue weighted by molar-refractivity contribution is 7.86. The van der Waals surface area contributed by atoms with E-state index in [0.717, 1.165) is 25.9 Å². The van der Waals surface area contributed by atoms with Crippen LogP contribution in [0.5, 0.6) is 0 Å². The molecule has 4 saturated carbocycles. The monoisotopic (exact) mass is 594 g/mol. The Morgan fingerprint density at radius 3 is 1.44 bits per heavy atom. The molecule has 5 atom stereocenters. The standard InChI is InChI=1S/2C10H16O4S.C5H10N2O2/c2*1-9(2)7-3-4-10(9,8(11)5-7)6-15(12,13)14;8-5(9)4-3-6-1-2-7-4/h2*7H,3-6H2,1-2H3,(H,12,13,14);4,6-7H,1-3H2,(H,8,9)/t;;4-/m..0/s1. The van der Waals surface area contributed by atoms with Crippen LogP contribution in [0.25, 0.3) is 0 Å². The highest BCUT2D eigenvalue weighted by Gasteiger charge is 2.66. The van der Waals surface area contributed by atoms with Crippen molar-refractivity contribution in [1.82, 2.24) is 10.6 Å². The molecule has 5 fully saturated rings. The van der Waals surface area contributed by atoms with Gasteiger partial charge < -0.3 is 15.7 Å². The van der Waals surface area contributed by atoms with Crippen LogP contribution in [0.2, 0.25) is 0 Å². The van der Waals surface area contributed by atoms with Crippen LogP contribution >= 0.6 is 0 Å². The average Bonchev–Trinajstić information content (AvgIpc) is 3.31. The van der Waals surface area contributed by atoms with Crippen molar-refractivity contribution in [1.29, 1.82) is 0 Å². The van der Waals surface area contributed by atoms with Crippen LogP contribution in [0.4, 0.5) is 0 Å². The van der Waals surface area contributed by atoms with Crippen molar-refractivity contribution in [2.24, 2.45) is 33.5 Å². The van der Waals surface area contributed by atoms with E-state index in [4.69, 9.17) is 14.2 Å². The molecule has 12 nitrogen and oxygen atoms in total. The first-order valence-corrected chi connectivity index (χ1v) is 16.5. The highest BCUT2D eigenvalue weighted by Crippen LogP contribution is 2.65. The van der Waals surface area contributed by atoms with Crippen LogP contribution in [-0.4, -0.2) is 85.8 Å². The number of carbonyl (C=O) groups excluding carboxylic acids is 2. The zero-order chi connectivity index (χ0) is 29.7. The van der Waals surface area contributed by atoms with E-state index in [1.54, 1.807) is 0 Å². The lowest BCUT2D eigenvalue weighted by Gasteiger charge is -2.35. The quantitative estimate of drug-likeness (QED) is 0.285. The van der Waals surface area contributed by atoms with E-state index in [-0.39, 0.29) is 34.2 Å². The van der Waals surface area contributed by atoms with Crippen molar-refractivity contribution >= 4 is 37.8 Å². The maximum atomic E-state index is 11.9. The molecule has 4 unspecified atom stereocenters. The molecular weight excluding hydrogens is 552 g/mol. The van der Waals surface area contributed by atoms with Crippen molar-refractivity contribution in [3.8, 4) is 0 Å². The molecule has 224 valence electrons. The number of carbonyl (C=O) groups is 3. The maximum Gasteiger partial charge on any atom is 0.322 e. The number of carboxylic acid groups (broad SMARTS) is 1. The Kier molecular flexibility index (Phi) is 8.84. The fraction of sp³-hybridized carbons (Fsp3) is 0.880. The van der Waals surface area contributed by atoms with Gasteiger partial charge in [-0.1, -0.05) is 27.7 Å². The summed E-state index contributed by atoms with van der Waals surface area (Å²) in [5.74, 6) is -0.978. The first kappa shape index (κ1) is 32.1. The first-order valence-electron chi connectivity index (χ1n) is 13.3. The van der Waals surface area contributed by atoms with Crippen LogP contribution in [0.15, 0.2) is 0 Å². The van der Waals surface area contributed by atoms with Crippen LogP contribution in [0, 0.1) is 33.5 Å². The van der Waals surface area contributed by atoms with Gasteiger partial charge in [-0.3, -0.25) is 23.5 Å². The second-order valence-electron chi connectivity index (χ2n) is 12.8. The summed E-state index contributed by atoms with van der Waals surface area (Å²) in [4.78, 5) is 34.0. The molecule has 4 aliphatic carbocycles. The summed E-state index contributed by atoms with van der Waals surface area (Å²) in [5, 5.41) is 14.3. The lowest BCUT2D eigenvalue weighted by molar-refractivity contribution is -0.139. The molecule has 5 N–H and O–H groups in total. The molecule has 1 aliphatic heterocycles. The molecule has 1 saturated heterocycles. The maximum absolute atomic E-state index is 11.9. The van der Waals surface area contributed by atoms with Crippen molar-refractivity contribution in [3.05, 3.63) is 0 Å². The fourth-order valence-electron chi connectivity index (χ4n) is 7.67. The summed E-state index contributed by atoms with van der Waals surface area (Å²) < 4.78 is 62.0. The molecule has 0 spiro atoms. The summed E-state index contributed by atoms with van der Waals surface area (Å²) in [5.41, 5.74) is -2.24. The second kappa shape index (κ2) is 10.8. The number of carboxylic acids is 1. The molecule has 5 rings (SSSR count). The predicted molar refractivity (Wildman–Crippen MR) is 142 cm³/mol. The number of piperazine rings is 1. The molecule has 0 radical (unpaired) electrons. The minimum Gasteiger partial charge on any atom is -0.480 e. The van der Waals surface area contributed by atoms with Crippen LogP contribution in [-0.2, 0) is 34.6 Å². The summed E-state index contributed by atoms with van der Waals surface area (Å²) in [6, 6.07) is -0.390. The van der Waals surface area contributed by atoms with Gasteiger partial charge in [-0.25, -0.2) is 0 Å². The summed E-state index contributed by atoms with van der Waals surface area (Å²) in [6.07, 6.45) is 3.94. The van der Waals surface area contributed by atoms with Gasteiger partial charge in [0.05, 0.1) is 22.3 Å². The van der Waals surface area contributed by atoms with Gasteiger partial charge >= 0.3 is 5.97 Å². The number of hydrogen-bond acceptors (Lipinski definition) is 9. The van der Waals surface area contributed by atoms with Crippen LogP contribution in [0.3, 0.4) is 0 Å². The van der Waals surface area contributed by atoms with Crippen molar-refractivity contribution in [2.45, 2.75) is 72.3 Å². The molecule has 39 heavy (non-hydrogen) atoms. The molecule has 5 aliphatic rings. The third kappa shape index (κ3) is 6.10. The van der Waals surface area contributed by atoms with E-state index in [1.807, 2.05) is 27.7 Å². The van der Waals surface area contributed by atoms with E-state index in [1.165, 1.54) is 0 Å². The minimum atomic E-state index is -4.08. The zero-order valence-corrected chi connectivity index (χ0v) is 24.7. The average molecular weight is 595 g/mol. The highest BCUT2D eigenvalue weighted by atomic mass is 32.2. The van der Waals surface area contributed by atoms with Gasteiger partial charge in [-0.05, 0) is 48.3 Å². The zero-order valence-electron chi connectivity index (χ0n) is 23.0. The Labute approximate surface area is 230 Å². The Bertz CT molecular complexity index is 1130. The number of fused-ring (bicyclic) bond motifs is 4. The molecule has 4 bridgehead atoms. The lowest BCUT2D eigenvalue weighted by atomic mass is 9.70. The van der Waals surface area contributed by atoms with Crippen molar-refractivity contribution in [3.63, 3.8) is 0 Å². The lowest BCUT2D eigenvalue weighted by Crippen LogP contribution is -2.52. The van der Waals surface area contributed by atoms with Gasteiger partial charge in [-0.2, -0.15) is 16.8 Å². The molecular formula is C25H42N2O10S2. The van der Waals surface area contributed by atoms with E-state index in [0.29, 0.717) is 32.2 Å².